The number of hydrogen-bond donors (Lipinski definition) is 1. The van der Waals surface area contributed by atoms with Gasteiger partial charge in [0, 0.05) is 18.7 Å². The first kappa shape index (κ1) is 20.5. The smallest absolute Gasteiger partial charge is 0.260 e. The molecule has 1 fully saturated rings. The molecule has 1 atom stereocenters. The van der Waals surface area contributed by atoms with E-state index in [1.54, 1.807) is 19.1 Å². The summed E-state index contributed by atoms with van der Waals surface area (Å²) >= 11 is 0. The number of hydrogen-bond acceptors (Lipinski definition) is 5. The summed E-state index contributed by atoms with van der Waals surface area (Å²) in [4.78, 5) is 28.6. The van der Waals surface area contributed by atoms with E-state index in [1.807, 2.05) is 13.8 Å². The molecule has 0 bridgehead atoms. The number of nitrogens with zero attached hydrogens (tertiary/aromatic N) is 2. The molecular formula is C18H27N3O4S. The summed E-state index contributed by atoms with van der Waals surface area (Å²) in [6.07, 6.45) is 2.08. The molecule has 0 saturated carbocycles. The number of aromatic nitrogens is 1. The second-order valence-electron chi connectivity index (χ2n) is 7.12. The van der Waals surface area contributed by atoms with Crippen LogP contribution in [0.1, 0.15) is 45.2 Å². The predicted molar refractivity (Wildman–Crippen MR) is 98.0 cm³/mol. The summed E-state index contributed by atoms with van der Waals surface area (Å²) in [5, 5.41) is 2.71. The Kier molecular flexibility index (Phi) is 6.88. The zero-order valence-electron chi connectivity index (χ0n) is 15.6. The van der Waals surface area contributed by atoms with Gasteiger partial charge in [-0.2, -0.15) is 4.31 Å². The van der Waals surface area contributed by atoms with Gasteiger partial charge in [0.25, 0.3) is 10.0 Å². The second-order valence-corrected chi connectivity index (χ2v) is 9.00. The van der Waals surface area contributed by atoms with Crippen LogP contribution >= 0.6 is 0 Å². The van der Waals surface area contributed by atoms with Gasteiger partial charge in [-0.3, -0.25) is 9.59 Å². The number of aryl methyl sites for hydroxylation is 1. The maximum atomic E-state index is 12.8. The molecule has 1 aliphatic rings. The number of Topliss-reactive ketones (excluding diaryl/α,β-unsaturated/α-hetero) is 1. The fraction of sp³-hybridized carbons (Fsp3) is 0.611. The Balaban J connectivity index is 2.05. The van der Waals surface area contributed by atoms with Gasteiger partial charge < -0.3 is 5.32 Å². The van der Waals surface area contributed by atoms with Crippen LogP contribution in [0.3, 0.4) is 0 Å². The van der Waals surface area contributed by atoms with Crippen LogP contribution in [0.4, 0.5) is 0 Å². The van der Waals surface area contributed by atoms with Crippen LogP contribution in [0.2, 0.25) is 0 Å². The Labute approximate surface area is 155 Å². The molecule has 1 N–H and O–H groups in total. The van der Waals surface area contributed by atoms with E-state index in [-0.39, 0.29) is 29.8 Å². The minimum Gasteiger partial charge on any atom is -0.346 e. The Bertz CT molecular complexity index is 761. The van der Waals surface area contributed by atoms with E-state index in [0.717, 1.165) is 10.7 Å². The van der Waals surface area contributed by atoms with Gasteiger partial charge in [0.2, 0.25) is 5.91 Å². The highest BCUT2D eigenvalue weighted by Gasteiger charge is 2.33. The largest absolute Gasteiger partial charge is 0.346 e. The Morgan fingerprint density at radius 1 is 1.38 bits per heavy atom. The third kappa shape index (κ3) is 5.35. The average Bonchev–Trinajstić information content (AvgIpc) is 2.75. The highest BCUT2D eigenvalue weighted by atomic mass is 32.2. The summed E-state index contributed by atoms with van der Waals surface area (Å²) in [5.41, 5.74) is 0.600. The minimum atomic E-state index is -3.83. The van der Waals surface area contributed by atoms with Crippen LogP contribution < -0.4 is 5.32 Å². The van der Waals surface area contributed by atoms with E-state index in [2.05, 4.69) is 10.3 Å². The number of amides is 1. The summed E-state index contributed by atoms with van der Waals surface area (Å²) in [7, 11) is -3.83. The normalized spacial score (nSPS) is 19.4. The van der Waals surface area contributed by atoms with Gasteiger partial charge in [-0.05, 0) is 44.2 Å². The molecule has 0 radical (unpaired) electrons. The monoisotopic (exact) mass is 381 g/mol. The molecule has 2 rings (SSSR count). The van der Waals surface area contributed by atoms with E-state index >= 15 is 0 Å². The first-order valence-electron chi connectivity index (χ1n) is 8.96. The maximum absolute atomic E-state index is 12.8. The van der Waals surface area contributed by atoms with Crippen molar-refractivity contribution >= 4 is 21.7 Å². The van der Waals surface area contributed by atoms with Crippen molar-refractivity contribution < 1.29 is 18.0 Å². The zero-order chi connectivity index (χ0) is 19.3. The number of ketones is 1. The molecule has 1 aromatic rings. The maximum Gasteiger partial charge on any atom is 0.260 e. The number of sulfonamides is 1. The molecule has 2 heterocycles. The average molecular weight is 381 g/mol. The zero-order valence-corrected chi connectivity index (χ0v) is 16.4. The van der Waals surface area contributed by atoms with Gasteiger partial charge in [-0.25, -0.2) is 13.4 Å². The third-order valence-electron chi connectivity index (χ3n) is 4.37. The van der Waals surface area contributed by atoms with Crippen molar-refractivity contribution in [2.45, 2.75) is 57.5 Å². The molecule has 1 aliphatic heterocycles. The third-order valence-corrected chi connectivity index (χ3v) is 6.12. The van der Waals surface area contributed by atoms with Crippen molar-refractivity contribution in [3.05, 3.63) is 23.9 Å². The van der Waals surface area contributed by atoms with Crippen LogP contribution in [-0.4, -0.2) is 48.5 Å². The van der Waals surface area contributed by atoms with Crippen molar-refractivity contribution in [3.8, 4) is 0 Å². The van der Waals surface area contributed by atoms with Crippen LogP contribution in [0.15, 0.2) is 23.2 Å². The molecule has 26 heavy (non-hydrogen) atoms. The molecular weight excluding hydrogens is 354 g/mol. The predicted octanol–water partition coefficient (Wildman–Crippen LogP) is 1.66. The van der Waals surface area contributed by atoms with Gasteiger partial charge in [0.15, 0.2) is 10.8 Å². The van der Waals surface area contributed by atoms with Crippen molar-refractivity contribution in [2.24, 2.45) is 5.92 Å². The molecule has 1 amide bonds. The number of nitrogens with one attached hydrogen (secondary N) is 1. The minimum absolute atomic E-state index is 0.0512. The van der Waals surface area contributed by atoms with Crippen LogP contribution in [-0.2, 0) is 19.6 Å². The molecule has 0 aliphatic carbocycles. The van der Waals surface area contributed by atoms with Crippen molar-refractivity contribution in [1.29, 1.82) is 0 Å². The van der Waals surface area contributed by atoms with Gasteiger partial charge >= 0.3 is 0 Å². The molecule has 1 aromatic heterocycles. The highest BCUT2D eigenvalue weighted by molar-refractivity contribution is 7.89. The van der Waals surface area contributed by atoms with Crippen molar-refractivity contribution in [1.82, 2.24) is 14.6 Å². The van der Waals surface area contributed by atoms with Crippen LogP contribution in [0.25, 0.3) is 0 Å². The summed E-state index contributed by atoms with van der Waals surface area (Å²) in [6.45, 7) is 5.78. The SMILES string of the molecule is Cc1cccc(S(=O)(=O)N2CCC[C@H](NC(=O)CCC(C)C)C(=O)C2)n1. The number of pyridine rings is 1. The number of carbonyl (C=O) groups excluding carboxylic acids is 2. The molecule has 144 valence electrons. The lowest BCUT2D eigenvalue weighted by Gasteiger charge is -2.19. The highest BCUT2D eigenvalue weighted by Crippen LogP contribution is 2.18. The fourth-order valence-electron chi connectivity index (χ4n) is 2.83. The summed E-state index contributed by atoms with van der Waals surface area (Å²) in [5.74, 6) is -0.0293. The quantitative estimate of drug-likeness (QED) is 0.808. The van der Waals surface area contributed by atoms with Gasteiger partial charge in [-0.1, -0.05) is 19.9 Å². The number of carbonyl (C=O) groups is 2. The molecule has 7 nitrogen and oxygen atoms in total. The molecule has 8 heteroatoms. The Morgan fingerprint density at radius 2 is 2.12 bits per heavy atom. The first-order chi connectivity index (χ1) is 12.2. The molecule has 0 unspecified atom stereocenters. The lowest BCUT2D eigenvalue weighted by atomic mass is 10.1. The molecule has 0 aromatic carbocycles. The lowest BCUT2D eigenvalue weighted by molar-refractivity contribution is -0.127. The van der Waals surface area contributed by atoms with Gasteiger partial charge in [0.05, 0.1) is 12.6 Å². The molecule has 0 spiro atoms. The first-order valence-corrected chi connectivity index (χ1v) is 10.4. The van der Waals surface area contributed by atoms with Crippen LogP contribution in [0.5, 0.6) is 0 Å². The standard InChI is InChI=1S/C18H27N3O4S/c1-13(2)9-10-17(23)20-15-7-5-11-21(12-16(15)22)26(24,25)18-8-4-6-14(3)19-18/h4,6,8,13,15H,5,7,9-12H2,1-3H3,(H,20,23)/t15-/m0/s1. The van der Waals surface area contributed by atoms with E-state index < -0.39 is 16.1 Å². The van der Waals surface area contributed by atoms with E-state index in [1.165, 1.54) is 6.07 Å². The van der Waals surface area contributed by atoms with E-state index in [4.69, 9.17) is 0 Å². The van der Waals surface area contributed by atoms with Crippen molar-refractivity contribution in [2.75, 3.05) is 13.1 Å². The van der Waals surface area contributed by atoms with Gasteiger partial charge in [-0.15, -0.1) is 0 Å². The Hall–Kier alpha value is -1.80. The lowest BCUT2D eigenvalue weighted by Crippen LogP contribution is -2.44. The van der Waals surface area contributed by atoms with Crippen LogP contribution in [0, 0.1) is 12.8 Å². The summed E-state index contributed by atoms with van der Waals surface area (Å²) < 4.78 is 26.7. The van der Waals surface area contributed by atoms with E-state index in [0.29, 0.717) is 30.9 Å². The number of rotatable bonds is 6. The second kappa shape index (κ2) is 8.73. The summed E-state index contributed by atoms with van der Waals surface area (Å²) in [6, 6.07) is 4.16. The Morgan fingerprint density at radius 3 is 2.77 bits per heavy atom. The van der Waals surface area contributed by atoms with Gasteiger partial charge in [0.1, 0.15) is 0 Å². The van der Waals surface area contributed by atoms with E-state index in [9.17, 15) is 18.0 Å². The van der Waals surface area contributed by atoms with Crippen molar-refractivity contribution in [3.63, 3.8) is 0 Å². The molecule has 1 saturated heterocycles. The topological polar surface area (TPSA) is 96.4 Å². The fourth-order valence-corrected chi connectivity index (χ4v) is 4.27.